The maximum Gasteiger partial charge on any atom is 0.338 e. The van der Waals surface area contributed by atoms with Crippen LogP contribution in [-0.4, -0.2) is 13.1 Å². The van der Waals surface area contributed by atoms with Gasteiger partial charge < -0.3 is 15.2 Å². The molecule has 2 N–H and O–H groups in total. The lowest BCUT2D eigenvalue weighted by Crippen LogP contribution is -2.06. The summed E-state index contributed by atoms with van der Waals surface area (Å²) in [5.74, 6) is 0.423. The van der Waals surface area contributed by atoms with Crippen LogP contribution in [0.3, 0.4) is 0 Å². The Morgan fingerprint density at radius 2 is 1.85 bits per heavy atom. The fourth-order valence-electron chi connectivity index (χ4n) is 1.78. The highest BCUT2D eigenvalue weighted by Crippen LogP contribution is 2.13. The molecule has 0 bridgehead atoms. The largest absolute Gasteiger partial charge is 0.497 e. The molecule has 0 radical (unpaired) electrons. The number of hydrogen-bond acceptors (Lipinski definition) is 4. The van der Waals surface area contributed by atoms with Crippen molar-refractivity contribution in [3.05, 3.63) is 65.2 Å². The average molecular weight is 271 g/mol. The molecule has 0 atom stereocenters. The minimum absolute atomic E-state index is 0.232. The second-order valence-corrected chi connectivity index (χ2v) is 4.33. The van der Waals surface area contributed by atoms with Crippen molar-refractivity contribution in [2.75, 3.05) is 7.11 Å². The van der Waals surface area contributed by atoms with E-state index in [9.17, 15) is 4.79 Å². The van der Waals surface area contributed by atoms with E-state index in [-0.39, 0.29) is 12.6 Å². The van der Waals surface area contributed by atoms with Crippen LogP contribution in [0.2, 0.25) is 0 Å². The minimum Gasteiger partial charge on any atom is -0.497 e. The van der Waals surface area contributed by atoms with Gasteiger partial charge in [0.1, 0.15) is 12.4 Å². The maximum absolute atomic E-state index is 11.9. The molecule has 0 saturated heterocycles. The van der Waals surface area contributed by atoms with Crippen LogP contribution in [0.1, 0.15) is 21.5 Å². The van der Waals surface area contributed by atoms with Gasteiger partial charge in [0, 0.05) is 6.54 Å². The Hall–Kier alpha value is -2.33. The SMILES string of the molecule is COc1ccc(COC(=O)c2cccc(CN)c2)cc1. The zero-order chi connectivity index (χ0) is 14.4. The lowest BCUT2D eigenvalue weighted by molar-refractivity contribution is 0.0472. The Bertz CT molecular complexity index is 579. The number of nitrogens with two attached hydrogens (primary N) is 1. The number of esters is 1. The molecule has 2 rings (SSSR count). The molecule has 0 aliphatic rings. The molecule has 4 nitrogen and oxygen atoms in total. The molecule has 4 heteroatoms. The lowest BCUT2D eigenvalue weighted by Gasteiger charge is -2.07. The highest BCUT2D eigenvalue weighted by atomic mass is 16.5. The zero-order valence-electron chi connectivity index (χ0n) is 11.3. The summed E-state index contributed by atoms with van der Waals surface area (Å²) in [7, 11) is 1.61. The number of rotatable bonds is 5. The predicted octanol–water partition coefficient (Wildman–Crippen LogP) is 2.51. The van der Waals surface area contributed by atoms with Crippen molar-refractivity contribution < 1.29 is 14.3 Å². The van der Waals surface area contributed by atoms with Gasteiger partial charge in [-0.05, 0) is 35.4 Å². The zero-order valence-corrected chi connectivity index (χ0v) is 11.3. The van der Waals surface area contributed by atoms with Crippen molar-refractivity contribution in [3.8, 4) is 5.75 Å². The second kappa shape index (κ2) is 6.73. The fraction of sp³-hybridized carbons (Fsp3) is 0.188. The van der Waals surface area contributed by atoms with E-state index in [1.165, 1.54) is 0 Å². The smallest absolute Gasteiger partial charge is 0.338 e. The molecule has 0 aliphatic carbocycles. The van der Waals surface area contributed by atoms with Crippen LogP contribution in [0, 0.1) is 0 Å². The van der Waals surface area contributed by atoms with E-state index in [0.717, 1.165) is 16.9 Å². The minimum atomic E-state index is -0.351. The van der Waals surface area contributed by atoms with Gasteiger partial charge in [0.05, 0.1) is 12.7 Å². The van der Waals surface area contributed by atoms with Crippen molar-refractivity contribution in [2.45, 2.75) is 13.2 Å². The molecule has 0 unspecified atom stereocenters. The first-order valence-electron chi connectivity index (χ1n) is 6.32. The van der Waals surface area contributed by atoms with Crippen LogP contribution in [0.5, 0.6) is 5.75 Å². The second-order valence-electron chi connectivity index (χ2n) is 4.33. The van der Waals surface area contributed by atoms with Gasteiger partial charge in [0.15, 0.2) is 0 Å². The Balaban J connectivity index is 1.97. The van der Waals surface area contributed by atoms with Gasteiger partial charge in [0.2, 0.25) is 0 Å². The molecule has 104 valence electrons. The highest BCUT2D eigenvalue weighted by Gasteiger charge is 2.07. The van der Waals surface area contributed by atoms with E-state index < -0.39 is 0 Å². The van der Waals surface area contributed by atoms with Crippen LogP contribution in [0.15, 0.2) is 48.5 Å². The molecular weight excluding hydrogens is 254 g/mol. The van der Waals surface area contributed by atoms with E-state index in [1.54, 1.807) is 25.3 Å². The molecule has 0 aromatic heterocycles. The van der Waals surface area contributed by atoms with Crippen molar-refractivity contribution in [1.29, 1.82) is 0 Å². The number of methoxy groups -OCH3 is 1. The van der Waals surface area contributed by atoms with Gasteiger partial charge in [-0.2, -0.15) is 0 Å². The topological polar surface area (TPSA) is 61.5 Å². The Kier molecular flexibility index (Phi) is 4.74. The summed E-state index contributed by atoms with van der Waals surface area (Å²) in [4.78, 5) is 11.9. The molecule has 20 heavy (non-hydrogen) atoms. The average Bonchev–Trinajstić information content (AvgIpc) is 2.53. The normalized spacial score (nSPS) is 10.1. The number of carbonyl (C=O) groups excluding carboxylic acids is 1. The molecule has 2 aromatic rings. The standard InChI is InChI=1S/C16H17NO3/c1-19-15-7-5-12(6-8-15)11-20-16(18)14-4-2-3-13(9-14)10-17/h2-9H,10-11,17H2,1H3. The van der Waals surface area contributed by atoms with Crippen molar-refractivity contribution in [2.24, 2.45) is 5.73 Å². The first kappa shape index (κ1) is 14.1. The molecule has 0 aliphatic heterocycles. The third kappa shape index (κ3) is 3.59. The van der Waals surface area contributed by atoms with Gasteiger partial charge in [-0.25, -0.2) is 4.79 Å². The number of benzene rings is 2. The summed E-state index contributed by atoms with van der Waals surface area (Å²) in [6.07, 6.45) is 0. The summed E-state index contributed by atoms with van der Waals surface area (Å²) in [6.45, 7) is 0.634. The molecule has 2 aromatic carbocycles. The molecule has 0 amide bonds. The van der Waals surface area contributed by atoms with Gasteiger partial charge >= 0.3 is 5.97 Å². The third-order valence-corrected chi connectivity index (χ3v) is 2.93. The summed E-state index contributed by atoms with van der Waals surface area (Å²) in [6, 6.07) is 14.5. The summed E-state index contributed by atoms with van der Waals surface area (Å²) in [5, 5.41) is 0. The Morgan fingerprint density at radius 1 is 1.10 bits per heavy atom. The van der Waals surface area contributed by atoms with Gasteiger partial charge in [-0.3, -0.25) is 0 Å². The molecule has 0 fully saturated rings. The van der Waals surface area contributed by atoms with Crippen molar-refractivity contribution >= 4 is 5.97 Å². The number of hydrogen-bond donors (Lipinski definition) is 1. The van der Waals surface area contributed by atoms with Crippen LogP contribution in [0.25, 0.3) is 0 Å². The quantitative estimate of drug-likeness (QED) is 0.849. The molecule has 0 heterocycles. The third-order valence-electron chi connectivity index (χ3n) is 2.93. The molecular formula is C16H17NO3. The predicted molar refractivity (Wildman–Crippen MR) is 76.4 cm³/mol. The van der Waals surface area contributed by atoms with Gasteiger partial charge in [-0.1, -0.05) is 24.3 Å². The molecule has 0 spiro atoms. The van der Waals surface area contributed by atoms with E-state index >= 15 is 0 Å². The van der Waals surface area contributed by atoms with Crippen LogP contribution in [0.4, 0.5) is 0 Å². The lowest BCUT2D eigenvalue weighted by atomic mass is 10.1. The number of ether oxygens (including phenoxy) is 2. The van der Waals surface area contributed by atoms with Gasteiger partial charge in [-0.15, -0.1) is 0 Å². The van der Waals surface area contributed by atoms with E-state index in [1.807, 2.05) is 30.3 Å². The van der Waals surface area contributed by atoms with Gasteiger partial charge in [0.25, 0.3) is 0 Å². The maximum atomic E-state index is 11.9. The first-order valence-corrected chi connectivity index (χ1v) is 6.32. The fourth-order valence-corrected chi connectivity index (χ4v) is 1.78. The Morgan fingerprint density at radius 3 is 2.50 bits per heavy atom. The van der Waals surface area contributed by atoms with Crippen molar-refractivity contribution in [3.63, 3.8) is 0 Å². The first-order chi connectivity index (χ1) is 9.72. The summed E-state index contributed by atoms with van der Waals surface area (Å²) < 4.78 is 10.3. The number of carbonyl (C=O) groups is 1. The monoisotopic (exact) mass is 271 g/mol. The van der Waals surface area contributed by atoms with Crippen LogP contribution >= 0.6 is 0 Å². The summed E-state index contributed by atoms with van der Waals surface area (Å²) >= 11 is 0. The van der Waals surface area contributed by atoms with Crippen LogP contribution in [-0.2, 0) is 17.9 Å². The van der Waals surface area contributed by atoms with E-state index in [2.05, 4.69) is 0 Å². The summed E-state index contributed by atoms with van der Waals surface area (Å²) in [5.41, 5.74) is 7.88. The van der Waals surface area contributed by atoms with E-state index in [0.29, 0.717) is 12.1 Å². The van der Waals surface area contributed by atoms with E-state index in [4.69, 9.17) is 15.2 Å². The van der Waals surface area contributed by atoms with Crippen molar-refractivity contribution in [1.82, 2.24) is 0 Å². The highest BCUT2D eigenvalue weighted by molar-refractivity contribution is 5.89. The Labute approximate surface area is 118 Å². The molecule has 0 saturated carbocycles. The van der Waals surface area contributed by atoms with Crippen LogP contribution < -0.4 is 10.5 Å².